The lowest BCUT2D eigenvalue weighted by Gasteiger charge is -2.38. The predicted molar refractivity (Wildman–Crippen MR) is 84.6 cm³/mol. The molecule has 0 unspecified atom stereocenters. The van der Waals surface area contributed by atoms with Crippen molar-refractivity contribution in [3.05, 3.63) is 59.7 Å². The Morgan fingerprint density at radius 1 is 0.600 bits per heavy atom. The highest BCUT2D eigenvalue weighted by Gasteiger charge is 2.72. The Hall–Kier alpha value is -2.46. The van der Waals surface area contributed by atoms with E-state index in [9.17, 15) is 26.3 Å². The van der Waals surface area contributed by atoms with E-state index >= 15 is 0 Å². The quantitative estimate of drug-likeness (QED) is 0.457. The van der Waals surface area contributed by atoms with Gasteiger partial charge >= 0.3 is 12.4 Å². The number of hydrogen-bond acceptors (Lipinski definition) is 4. The van der Waals surface area contributed by atoms with Crippen LogP contribution in [0.3, 0.4) is 0 Å². The first-order chi connectivity index (χ1) is 10.5. The number of alkyl halides is 6. The van der Waals surface area contributed by atoms with E-state index in [1.54, 1.807) is 0 Å². The number of anilines is 2. The Balaban J connectivity index is 0.00000288. The third kappa shape index (κ3) is 3.64. The van der Waals surface area contributed by atoms with Gasteiger partial charge in [-0.15, -0.1) is 0 Å². The van der Waals surface area contributed by atoms with Crippen LogP contribution >= 0.6 is 0 Å². The van der Waals surface area contributed by atoms with Crippen molar-refractivity contribution in [3.8, 4) is 0 Å². The first kappa shape index (κ1) is 22.5. The molecule has 0 fully saturated rings. The van der Waals surface area contributed by atoms with Gasteiger partial charge in [0.1, 0.15) is 0 Å². The topological polar surface area (TPSA) is 122 Å². The van der Waals surface area contributed by atoms with Crippen LogP contribution in [0.25, 0.3) is 0 Å². The molecule has 0 bridgehead atoms. The van der Waals surface area contributed by atoms with Gasteiger partial charge in [0.2, 0.25) is 5.41 Å². The molecular weight excluding hydrogens is 350 g/mol. The smallest absolute Gasteiger partial charge is 0.399 e. The van der Waals surface area contributed by atoms with Crippen molar-refractivity contribution in [3.63, 3.8) is 0 Å². The van der Waals surface area contributed by atoms with Gasteiger partial charge in [-0.1, -0.05) is 24.3 Å². The second-order valence-corrected chi connectivity index (χ2v) is 4.99. The van der Waals surface area contributed by atoms with Gasteiger partial charge in [0, 0.05) is 11.4 Å². The molecule has 0 aliphatic rings. The molecule has 140 valence electrons. The van der Waals surface area contributed by atoms with Crippen LogP contribution in [-0.2, 0) is 5.41 Å². The van der Waals surface area contributed by atoms with Crippen molar-refractivity contribution >= 4 is 11.4 Å². The van der Waals surface area contributed by atoms with E-state index < -0.39 is 28.9 Å². The normalized spacial score (nSPS) is 12.1. The van der Waals surface area contributed by atoms with Crippen molar-refractivity contribution < 1.29 is 26.3 Å². The van der Waals surface area contributed by atoms with E-state index in [2.05, 4.69) is 0 Å². The lowest BCUT2D eigenvalue weighted by Crippen LogP contribution is -2.54. The molecule has 0 saturated heterocycles. The maximum absolute atomic E-state index is 13.7. The summed E-state index contributed by atoms with van der Waals surface area (Å²) in [5.41, 5.74) is 4.45. The molecule has 0 spiro atoms. The molecule has 4 nitrogen and oxygen atoms in total. The minimum Gasteiger partial charge on any atom is -0.399 e. The van der Waals surface area contributed by atoms with Crippen LogP contribution in [0.2, 0.25) is 0 Å². The monoisotopic (exact) mass is 368 g/mol. The summed E-state index contributed by atoms with van der Waals surface area (Å²) in [6.07, 6.45) is -11.3. The second-order valence-electron chi connectivity index (χ2n) is 4.99. The van der Waals surface area contributed by atoms with Crippen LogP contribution in [0.4, 0.5) is 37.7 Å². The Bertz CT molecular complexity index is 680. The van der Waals surface area contributed by atoms with E-state index in [0.29, 0.717) is 6.07 Å². The number of nitrogens with two attached hydrogens (primary N) is 2. The molecule has 10 N–H and O–H groups in total. The van der Waals surface area contributed by atoms with Crippen molar-refractivity contribution in [2.24, 2.45) is 0 Å². The summed E-state index contributed by atoms with van der Waals surface area (Å²) >= 11 is 0. The van der Waals surface area contributed by atoms with Gasteiger partial charge in [0.05, 0.1) is 0 Å². The number of halogens is 6. The molecule has 2 rings (SSSR count). The summed E-state index contributed by atoms with van der Waals surface area (Å²) in [5.74, 6) is 0. The summed E-state index contributed by atoms with van der Waals surface area (Å²) in [4.78, 5) is 0. The molecule has 0 aromatic heterocycles. The first-order valence-electron chi connectivity index (χ1n) is 6.35. The highest BCUT2D eigenvalue weighted by atomic mass is 19.4. The fourth-order valence-electron chi connectivity index (χ4n) is 2.49. The predicted octanol–water partition coefficient (Wildman–Crippen LogP) is 4.59. The number of rotatable bonds is 2. The summed E-state index contributed by atoms with van der Waals surface area (Å²) in [6.45, 7) is 0. The zero-order chi connectivity index (χ0) is 17.5. The number of nitrogen functional groups attached to an aromatic ring is 2. The lowest BCUT2D eigenvalue weighted by atomic mass is 9.72. The molecule has 0 saturated carbocycles. The molecular formula is C15H18F6N4. The summed E-state index contributed by atoms with van der Waals surface area (Å²) in [5, 5.41) is 0. The summed E-state index contributed by atoms with van der Waals surface area (Å²) in [7, 11) is 0. The van der Waals surface area contributed by atoms with E-state index in [-0.39, 0.29) is 23.7 Å². The zero-order valence-corrected chi connectivity index (χ0v) is 13.0. The molecule has 0 heterocycles. The average molecular weight is 368 g/mol. The third-order valence-electron chi connectivity index (χ3n) is 3.51. The largest absolute Gasteiger partial charge is 0.411 e. The summed E-state index contributed by atoms with van der Waals surface area (Å²) < 4.78 is 82.1. The van der Waals surface area contributed by atoms with Gasteiger partial charge < -0.3 is 23.8 Å². The second kappa shape index (κ2) is 7.19. The van der Waals surface area contributed by atoms with Crippen molar-refractivity contribution in [2.75, 3.05) is 11.5 Å². The molecule has 0 amide bonds. The third-order valence-corrected chi connectivity index (χ3v) is 3.51. The van der Waals surface area contributed by atoms with Crippen LogP contribution in [0.1, 0.15) is 11.1 Å². The first-order valence-corrected chi connectivity index (χ1v) is 6.35. The van der Waals surface area contributed by atoms with E-state index in [1.807, 2.05) is 0 Å². The summed E-state index contributed by atoms with van der Waals surface area (Å²) in [6, 6.07) is 7.13. The number of hydrogen-bond donors (Lipinski definition) is 4. The Morgan fingerprint density at radius 2 is 1.08 bits per heavy atom. The SMILES string of the molecule is N.N.Nc1ccc(C(c2cccc(N)c2)(C(F)(F)F)C(F)(F)F)cc1. The minimum atomic E-state index is -5.63. The molecule has 0 aliphatic carbocycles. The molecule has 10 heteroatoms. The van der Waals surface area contributed by atoms with Gasteiger partial charge in [-0.05, 0) is 35.4 Å². The highest BCUT2D eigenvalue weighted by Crippen LogP contribution is 2.56. The Morgan fingerprint density at radius 3 is 1.48 bits per heavy atom. The molecule has 2 aromatic rings. The molecule has 2 aromatic carbocycles. The van der Waals surface area contributed by atoms with Crippen LogP contribution in [0.5, 0.6) is 0 Å². The van der Waals surface area contributed by atoms with Crippen molar-refractivity contribution in [1.29, 1.82) is 0 Å². The van der Waals surface area contributed by atoms with Crippen LogP contribution in [-0.4, -0.2) is 12.4 Å². The molecule has 25 heavy (non-hydrogen) atoms. The van der Waals surface area contributed by atoms with Crippen LogP contribution in [0, 0.1) is 0 Å². The van der Waals surface area contributed by atoms with Crippen LogP contribution in [0.15, 0.2) is 48.5 Å². The van der Waals surface area contributed by atoms with E-state index in [1.165, 1.54) is 6.07 Å². The van der Waals surface area contributed by atoms with E-state index in [0.717, 1.165) is 36.4 Å². The Labute approximate surface area is 140 Å². The minimum absolute atomic E-state index is 0. The van der Waals surface area contributed by atoms with Gasteiger partial charge in [0.15, 0.2) is 0 Å². The van der Waals surface area contributed by atoms with Crippen LogP contribution < -0.4 is 23.8 Å². The lowest BCUT2D eigenvalue weighted by molar-refractivity contribution is -0.288. The fraction of sp³-hybridized carbons (Fsp3) is 0.200. The average Bonchev–Trinajstić information content (AvgIpc) is 2.38. The highest BCUT2D eigenvalue weighted by molar-refractivity contribution is 5.52. The van der Waals surface area contributed by atoms with Gasteiger partial charge in [-0.25, -0.2) is 0 Å². The standard InChI is InChI=1S/C15H12F6N2.2H3N/c16-14(17,18)13(15(19,20)21,9-4-6-11(22)7-5-9)10-2-1-3-12(23)8-10;;/h1-8H,22-23H2;2*1H3. The van der Waals surface area contributed by atoms with E-state index in [4.69, 9.17) is 11.5 Å². The van der Waals surface area contributed by atoms with Gasteiger partial charge in [-0.3, -0.25) is 0 Å². The molecule has 0 radical (unpaired) electrons. The maximum Gasteiger partial charge on any atom is 0.411 e. The molecule has 0 aliphatic heterocycles. The number of benzene rings is 2. The fourth-order valence-corrected chi connectivity index (χ4v) is 2.49. The molecule has 0 atom stereocenters. The van der Waals surface area contributed by atoms with Gasteiger partial charge in [-0.2, -0.15) is 26.3 Å². The zero-order valence-electron chi connectivity index (χ0n) is 13.0. The Kier molecular flexibility index (Phi) is 6.49. The van der Waals surface area contributed by atoms with Crippen molar-refractivity contribution in [2.45, 2.75) is 17.8 Å². The van der Waals surface area contributed by atoms with Crippen molar-refractivity contribution in [1.82, 2.24) is 12.3 Å². The van der Waals surface area contributed by atoms with Gasteiger partial charge in [0.25, 0.3) is 0 Å². The maximum atomic E-state index is 13.7.